The molecule has 1 unspecified atom stereocenters. The SMILES string of the molecule is Cl.Cl.c1ccc(C2CNCCN2c2ccncn2)cc1. The normalized spacial score (nSPS) is 17.8. The topological polar surface area (TPSA) is 41.0 Å². The van der Waals surface area contributed by atoms with Gasteiger partial charge in [0.15, 0.2) is 0 Å². The van der Waals surface area contributed by atoms with Gasteiger partial charge >= 0.3 is 0 Å². The molecule has 2 aromatic rings. The molecular formula is C14H18Cl2N4. The summed E-state index contributed by atoms with van der Waals surface area (Å²) in [6.07, 6.45) is 3.41. The summed E-state index contributed by atoms with van der Waals surface area (Å²) in [5, 5.41) is 3.45. The first-order valence-electron chi connectivity index (χ1n) is 6.23. The van der Waals surface area contributed by atoms with Crippen LogP contribution in [0.3, 0.4) is 0 Å². The zero-order valence-corrected chi connectivity index (χ0v) is 12.6. The second-order valence-electron chi connectivity index (χ2n) is 4.39. The molecule has 0 bridgehead atoms. The highest BCUT2D eigenvalue weighted by molar-refractivity contribution is 5.85. The van der Waals surface area contributed by atoms with Gasteiger partial charge in [0, 0.05) is 25.8 Å². The van der Waals surface area contributed by atoms with Crippen molar-refractivity contribution in [3.8, 4) is 0 Å². The molecule has 20 heavy (non-hydrogen) atoms. The van der Waals surface area contributed by atoms with E-state index in [1.807, 2.05) is 6.07 Å². The van der Waals surface area contributed by atoms with Crippen molar-refractivity contribution in [2.24, 2.45) is 0 Å². The number of nitrogens with one attached hydrogen (secondary N) is 1. The lowest BCUT2D eigenvalue weighted by atomic mass is 10.0. The van der Waals surface area contributed by atoms with Gasteiger partial charge in [-0.25, -0.2) is 9.97 Å². The third kappa shape index (κ3) is 3.60. The first-order valence-corrected chi connectivity index (χ1v) is 6.23. The quantitative estimate of drug-likeness (QED) is 0.925. The predicted molar refractivity (Wildman–Crippen MR) is 85.9 cm³/mol. The Hall–Kier alpha value is -1.36. The number of halogens is 2. The molecule has 2 heterocycles. The van der Waals surface area contributed by atoms with Crippen LogP contribution in [0.1, 0.15) is 11.6 Å². The summed E-state index contributed by atoms with van der Waals surface area (Å²) < 4.78 is 0. The first kappa shape index (κ1) is 16.7. The van der Waals surface area contributed by atoms with Gasteiger partial charge in [0.05, 0.1) is 6.04 Å². The fourth-order valence-corrected chi connectivity index (χ4v) is 2.41. The fraction of sp³-hybridized carbons (Fsp3) is 0.286. The molecule has 108 valence electrons. The second-order valence-corrected chi connectivity index (χ2v) is 4.39. The lowest BCUT2D eigenvalue weighted by Gasteiger charge is -2.37. The van der Waals surface area contributed by atoms with E-state index in [2.05, 4.69) is 50.5 Å². The number of benzene rings is 1. The molecule has 1 aliphatic rings. The Morgan fingerprint density at radius 3 is 2.60 bits per heavy atom. The van der Waals surface area contributed by atoms with Crippen LogP contribution in [0.2, 0.25) is 0 Å². The smallest absolute Gasteiger partial charge is 0.132 e. The van der Waals surface area contributed by atoms with Gasteiger partial charge in [0.2, 0.25) is 0 Å². The summed E-state index contributed by atoms with van der Waals surface area (Å²) in [6, 6.07) is 12.9. The van der Waals surface area contributed by atoms with E-state index < -0.39 is 0 Å². The monoisotopic (exact) mass is 312 g/mol. The van der Waals surface area contributed by atoms with Gasteiger partial charge in [-0.3, -0.25) is 0 Å². The number of hydrogen-bond donors (Lipinski definition) is 1. The van der Waals surface area contributed by atoms with Gasteiger partial charge in [-0.15, -0.1) is 24.8 Å². The summed E-state index contributed by atoms with van der Waals surface area (Å²) in [5.74, 6) is 1.00. The molecule has 0 spiro atoms. The molecule has 1 aromatic heterocycles. The summed E-state index contributed by atoms with van der Waals surface area (Å²) >= 11 is 0. The van der Waals surface area contributed by atoms with E-state index in [0.717, 1.165) is 25.5 Å². The molecule has 0 radical (unpaired) electrons. The van der Waals surface area contributed by atoms with Crippen molar-refractivity contribution in [1.82, 2.24) is 15.3 Å². The molecule has 0 aliphatic carbocycles. The summed E-state index contributed by atoms with van der Waals surface area (Å²) in [7, 11) is 0. The zero-order valence-electron chi connectivity index (χ0n) is 11.0. The van der Waals surface area contributed by atoms with Crippen LogP contribution >= 0.6 is 24.8 Å². The zero-order chi connectivity index (χ0) is 12.2. The van der Waals surface area contributed by atoms with Crippen molar-refractivity contribution in [2.75, 3.05) is 24.5 Å². The molecule has 0 amide bonds. The Balaban J connectivity index is 0.000001000. The Morgan fingerprint density at radius 2 is 1.90 bits per heavy atom. The van der Waals surface area contributed by atoms with Crippen LogP contribution in [0.15, 0.2) is 48.9 Å². The van der Waals surface area contributed by atoms with E-state index in [1.165, 1.54) is 5.56 Å². The number of hydrogen-bond acceptors (Lipinski definition) is 4. The van der Waals surface area contributed by atoms with Crippen molar-refractivity contribution < 1.29 is 0 Å². The van der Waals surface area contributed by atoms with Crippen molar-refractivity contribution in [3.63, 3.8) is 0 Å². The molecule has 1 aliphatic heterocycles. The minimum Gasteiger partial charge on any atom is -0.347 e. The summed E-state index contributed by atoms with van der Waals surface area (Å²) in [5.41, 5.74) is 1.32. The van der Waals surface area contributed by atoms with Crippen molar-refractivity contribution in [3.05, 3.63) is 54.5 Å². The molecule has 1 fully saturated rings. The van der Waals surface area contributed by atoms with Gasteiger partial charge < -0.3 is 10.2 Å². The molecule has 1 atom stereocenters. The number of piperazine rings is 1. The molecule has 1 saturated heterocycles. The van der Waals surface area contributed by atoms with Gasteiger partial charge in [-0.2, -0.15) is 0 Å². The van der Waals surface area contributed by atoms with Gasteiger partial charge in [-0.1, -0.05) is 30.3 Å². The fourth-order valence-electron chi connectivity index (χ4n) is 2.41. The minimum absolute atomic E-state index is 0. The first-order chi connectivity index (χ1) is 8.95. The largest absolute Gasteiger partial charge is 0.347 e. The van der Waals surface area contributed by atoms with E-state index >= 15 is 0 Å². The lowest BCUT2D eigenvalue weighted by Crippen LogP contribution is -2.46. The van der Waals surface area contributed by atoms with Crippen molar-refractivity contribution >= 4 is 30.6 Å². The Bertz CT molecular complexity index is 448. The Morgan fingerprint density at radius 1 is 1.10 bits per heavy atom. The van der Waals surface area contributed by atoms with E-state index in [9.17, 15) is 0 Å². The summed E-state index contributed by atoms with van der Waals surface area (Å²) in [4.78, 5) is 10.7. The molecular weight excluding hydrogens is 295 g/mol. The Kier molecular flexibility index (Phi) is 6.71. The average molecular weight is 313 g/mol. The molecule has 3 rings (SSSR count). The van der Waals surface area contributed by atoms with Crippen LogP contribution in [-0.2, 0) is 0 Å². The van der Waals surface area contributed by atoms with Crippen LogP contribution in [-0.4, -0.2) is 29.6 Å². The third-order valence-corrected chi connectivity index (χ3v) is 3.29. The molecule has 1 N–H and O–H groups in total. The number of rotatable bonds is 2. The molecule has 4 nitrogen and oxygen atoms in total. The van der Waals surface area contributed by atoms with Crippen LogP contribution in [0.25, 0.3) is 0 Å². The maximum Gasteiger partial charge on any atom is 0.132 e. The highest BCUT2D eigenvalue weighted by atomic mass is 35.5. The average Bonchev–Trinajstić information content (AvgIpc) is 2.49. The van der Waals surface area contributed by atoms with Crippen molar-refractivity contribution in [2.45, 2.75) is 6.04 Å². The number of anilines is 1. The maximum atomic E-state index is 4.37. The van der Waals surface area contributed by atoms with Crippen LogP contribution in [0.4, 0.5) is 5.82 Å². The van der Waals surface area contributed by atoms with E-state index in [1.54, 1.807) is 12.5 Å². The standard InChI is InChI=1S/C14H16N4.2ClH/c1-2-4-12(5-3-1)13-10-15-8-9-18(13)14-6-7-16-11-17-14;;/h1-7,11,13,15H,8-10H2;2*1H. The van der Waals surface area contributed by atoms with Gasteiger partial charge in [0.25, 0.3) is 0 Å². The van der Waals surface area contributed by atoms with Crippen LogP contribution < -0.4 is 10.2 Å². The maximum absolute atomic E-state index is 4.37. The summed E-state index contributed by atoms with van der Waals surface area (Å²) in [6.45, 7) is 2.91. The Labute approximate surface area is 131 Å². The number of aromatic nitrogens is 2. The van der Waals surface area contributed by atoms with E-state index in [4.69, 9.17) is 0 Å². The van der Waals surface area contributed by atoms with E-state index in [0.29, 0.717) is 6.04 Å². The van der Waals surface area contributed by atoms with E-state index in [-0.39, 0.29) is 24.8 Å². The van der Waals surface area contributed by atoms with Crippen LogP contribution in [0.5, 0.6) is 0 Å². The molecule has 6 heteroatoms. The number of nitrogens with zero attached hydrogens (tertiary/aromatic N) is 3. The second kappa shape index (κ2) is 8.04. The van der Waals surface area contributed by atoms with Gasteiger partial charge in [0.1, 0.15) is 12.1 Å². The third-order valence-electron chi connectivity index (χ3n) is 3.29. The van der Waals surface area contributed by atoms with Crippen LogP contribution in [0, 0.1) is 0 Å². The predicted octanol–water partition coefficient (Wildman–Crippen LogP) is 2.47. The highest BCUT2D eigenvalue weighted by Gasteiger charge is 2.24. The lowest BCUT2D eigenvalue weighted by molar-refractivity contribution is 0.486. The highest BCUT2D eigenvalue weighted by Crippen LogP contribution is 2.26. The van der Waals surface area contributed by atoms with Crippen molar-refractivity contribution in [1.29, 1.82) is 0 Å². The molecule has 0 saturated carbocycles. The minimum atomic E-state index is 0. The molecule has 1 aromatic carbocycles. The van der Waals surface area contributed by atoms with Gasteiger partial charge in [-0.05, 0) is 11.6 Å².